The van der Waals surface area contributed by atoms with Crippen LogP contribution in [0.3, 0.4) is 0 Å². The van der Waals surface area contributed by atoms with Crippen LogP contribution in [0.2, 0.25) is 0 Å². The van der Waals surface area contributed by atoms with E-state index < -0.39 is 0 Å². The lowest BCUT2D eigenvalue weighted by molar-refractivity contribution is 0.0674. The molecule has 1 aliphatic heterocycles. The highest BCUT2D eigenvalue weighted by Gasteiger charge is 2.12. The molecule has 1 aliphatic rings. The van der Waals surface area contributed by atoms with Gasteiger partial charge in [0.05, 0.1) is 13.2 Å². The van der Waals surface area contributed by atoms with Gasteiger partial charge in [-0.1, -0.05) is 0 Å². The molecule has 1 aromatic carbocycles. The number of nitrogens with two attached hydrogens (primary N) is 1. The third-order valence-corrected chi connectivity index (χ3v) is 3.72. The van der Waals surface area contributed by atoms with Crippen molar-refractivity contribution in [3.63, 3.8) is 0 Å². The van der Waals surface area contributed by atoms with Crippen molar-refractivity contribution >= 4 is 16.9 Å². The van der Waals surface area contributed by atoms with Crippen molar-refractivity contribution in [1.29, 1.82) is 0 Å². The van der Waals surface area contributed by atoms with Crippen molar-refractivity contribution in [2.45, 2.75) is 6.42 Å². The normalized spacial score (nSPS) is 16.6. The Morgan fingerprint density at radius 3 is 3.00 bits per heavy atom. The van der Waals surface area contributed by atoms with Crippen molar-refractivity contribution in [2.75, 3.05) is 32.8 Å². The number of nitrogens with one attached hydrogen (secondary N) is 1. The number of rotatable bonds is 3. The second kappa shape index (κ2) is 6.13. The molecule has 1 aromatic heterocycles. The molecule has 21 heavy (non-hydrogen) atoms. The van der Waals surface area contributed by atoms with Gasteiger partial charge in [-0.2, -0.15) is 0 Å². The molecule has 3 N–H and O–H groups in total. The number of aromatic nitrogens is 1. The number of halogens is 1. The molecule has 0 aliphatic carbocycles. The molecular weight excluding hydrogens is 271 g/mol. The van der Waals surface area contributed by atoms with Crippen LogP contribution in [0.5, 0.6) is 0 Å². The highest BCUT2D eigenvalue weighted by Crippen LogP contribution is 2.19. The van der Waals surface area contributed by atoms with Crippen LogP contribution in [-0.4, -0.2) is 48.7 Å². The third kappa shape index (κ3) is 3.16. The van der Waals surface area contributed by atoms with Crippen LogP contribution in [-0.2, 0) is 11.2 Å². The highest BCUT2D eigenvalue weighted by molar-refractivity contribution is 5.83. The van der Waals surface area contributed by atoms with Gasteiger partial charge in [-0.3, -0.25) is 4.99 Å². The molecule has 2 aromatic rings. The summed E-state index contributed by atoms with van der Waals surface area (Å²) in [7, 11) is 0. The summed E-state index contributed by atoms with van der Waals surface area (Å²) in [6, 6.07) is 4.76. The minimum absolute atomic E-state index is 0.223. The molecule has 0 radical (unpaired) electrons. The molecular formula is C15H19FN4O. The highest BCUT2D eigenvalue weighted by atomic mass is 19.1. The molecule has 3 rings (SSSR count). The summed E-state index contributed by atoms with van der Waals surface area (Å²) in [4.78, 5) is 9.58. The van der Waals surface area contributed by atoms with Crippen LogP contribution in [0.15, 0.2) is 29.4 Å². The molecule has 5 nitrogen and oxygen atoms in total. The molecule has 112 valence electrons. The van der Waals surface area contributed by atoms with Crippen molar-refractivity contribution < 1.29 is 9.13 Å². The molecule has 2 heterocycles. The van der Waals surface area contributed by atoms with Crippen LogP contribution in [0, 0.1) is 5.82 Å². The van der Waals surface area contributed by atoms with E-state index in [9.17, 15) is 4.39 Å². The average molecular weight is 290 g/mol. The van der Waals surface area contributed by atoms with Gasteiger partial charge in [0.25, 0.3) is 0 Å². The molecule has 1 fully saturated rings. The van der Waals surface area contributed by atoms with E-state index in [1.54, 1.807) is 12.1 Å². The Morgan fingerprint density at radius 2 is 2.19 bits per heavy atom. The SMILES string of the molecule is NC(=NCCc1c[nH]c2ccc(F)cc12)N1CCOCC1. The minimum Gasteiger partial charge on any atom is -0.378 e. The molecule has 0 spiro atoms. The minimum atomic E-state index is -0.223. The van der Waals surface area contributed by atoms with Gasteiger partial charge in [0.2, 0.25) is 0 Å². The van der Waals surface area contributed by atoms with Crippen LogP contribution >= 0.6 is 0 Å². The Labute approximate surface area is 122 Å². The van der Waals surface area contributed by atoms with E-state index in [0.717, 1.165) is 36.0 Å². The van der Waals surface area contributed by atoms with Crippen LogP contribution in [0.4, 0.5) is 4.39 Å². The Bertz CT molecular complexity index is 646. The number of hydrogen-bond acceptors (Lipinski definition) is 2. The van der Waals surface area contributed by atoms with E-state index in [2.05, 4.69) is 9.98 Å². The zero-order valence-corrected chi connectivity index (χ0v) is 11.8. The number of fused-ring (bicyclic) bond motifs is 1. The summed E-state index contributed by atoms with van der Waals surface area (Å²) < 4.78 is 18.6. The summed E-state index contributed by atoms with van der Waals surface area (Å²) in [5, 5.41) is 0.912. The largest absolute Gasteiger partial charge is 0.378 e. The number of aromatic amines is 1. The lowest BCUT2D eigenvalue weighted by Gasteiger charge is -2.27. The Balaban J connectivity index is 1.64. The lowest BCUT2D eigenvalue weighted by atomic mass is 10.1. The van der Waals surface area contributed by atoms with Crippen molar-refractivity contribution in [1.82, 2.24) is 9.88 Å². The first-order chi connectivity index (χ1) is 10.2. The molecule has 6 heteroatoms. The molecule has 0 bridgehead atoms. The smallest absolute Gasteiger partial charge is 0.191 e. The fourth-order valence-electron chi connectivity index (χ4n) is 2.54. The molecule has 0 unspecified atom stereocenters. The number of benzene rings is 1. The maximum Gasteiger partial charge on any atom is 0.191 e. The van der Waals surface area contributed by atoms with Crippen molar-refractivity contribution in [3.05, 3.63) is 35.8 Å². The van der Waals surface area contributed by atoms with Crippen molar-refractivity contribution in [2.24, 2.45) is 10.7 Å². The number of H-pyrrole nitrogens is 1. The monoisotopic (exact) mass is 290 g/mol. The summed E-state index contributed by atoms with van der Waals surface area (Å²) in [6.45, 7) is 3.55. The van der Waals surface area contributed by atoms with Gasteiger partial charge in [-0.05, 0) is 30.2 Å². The van der Waals surface area contributed by atoms with E-state index in [4.69, 9.17) is 10.5 Å². The van der Waals surface area contributed by atoms with Gasteiger partial charge < -0.3 is 20.4 Å². The summed E-state index contributed by atoms with van der Waals surface area (Å²) in [5.41, 5.74) is 7.98. The summed E-state index contributed by atoms with van der Waals surface area (Å²) in [6.07, 6.45) is 2.64. The van der Waals surface area contributed by atoms with Crippen LogP contribution in [0.25, 0.3) is 10.9 Å². The quantitative estimate of drug-likeness (QED) is 0.665. The zero-order chi connectivity index (χ0) is 14.7. The fourth-order valence-corrected chi connectivity index (χ4v) is 2.54. The number of ether oxygens (including phenoxy) is 1. The first kappa shape index (κ1) is 13.9. The average Bonchev–Trinajstić information content (AvgIpc) is 2.90. The Hall–Kier alpha value is -2.08. The molecule has 1 saturated heterocycles. The standard InChI is InChI=1S/C15H19FN4O/c16-12-1-2-14-13(9-12)11(10-19-14)3-4-18-15(17)20-5-7-21-8-6-20/h1-2,9-10,19H,3-8H2,(H2,17,18). The van der Waals surface area contributed by atoms with Gasteiger partial charge in [-0.15, -0.1) is 0 Å². The Kier molecular flexibility index (Phi) is 4.06. The van der Waals surface area contributed by atoms with Crippen LogP contribution < -0.4 is 5.73 Å². The molecule has 0 saturated carbocycles. The topological polar surface area (TPSA) is 66.6 Å². The predicted octanol–water partition coefficient (Wildman–Crippen LogP) is 1.50. The van der Waals surface area contributed by atoms with Crippen LogP contribution in [0.1, 0.15) is 5.56 Å². The summed E-state index contributed by atoms with van der Waals surface area (Å²) >= 11 is 0. The van der Waals surface area contributed by atoms with Gasteiger partial charge in [0, 0.05) is 36.7 Å². The van der Waals surface area contributed by atoms with E-state index in [1.165, 1.54) is 6.07 Å². The van der Waals surface area contributed by atoms with Gasteiger partial charge in [0.1, 0.15) is 5.82 Å². The van der Waals surface area contributed by atoms with Gasteiger partial charge in [-0.25, -0.2) is 4.39 Å². The summed E-state index contributed by atoms with van der Waals surface area (Å²) in [5.74, 6) is 0.337. The predicted molar refractivity (Wildman–Crippen MR) is 80.8 cm³/mol. The zero-order valence-electron chi connectivity index (χ0n) is 11.8. The third-order valence-electron chi connectivity index (χ3n) is 3.72. The number of guanidine groups is 1. The van der Waals surface area contributed by atoms with E-state index >= 15 is 0 Å². The van der Waals surface area contributed by atoms with E-state index in [1.807, 2.05) is 11.1 Å². The molecule has 0 amide bonds. The van der Waals surface area contributed by atoms with Gasteiger partial charge >= 0.3 is 0 Å². The Morgan fingerprint density at radius 1 is 1.38 bits per heavy atom. The number of morpholine rings is 1. The van der Waals surface area contributed by atoms with Gasteiger partial charge in [0.15, 0.2) is 5.96 Å². The maximum absolute atomic E-state index is 13.3. The van der Waals surface area contributed by atoms with Crippen molar-refractivity contribution in [3.8, 4) is 0 Å². The van der Waals surface area contributed by atoms with E-state index in [-0.39, 0.29) is 5.82 Å². The first-order valence-electron chi connectivity index (χ1n) is 7.12. The number of aliphatic imine (C=N–C) groups is 1. The number of nitrogens with zero attached hydrogens (tertiary/aromatic N) is 2. The molecule has 0 atom stereocenters. The lowest BCUT2D eigenvalue weighted by Crippen LogP contribution is -2.44. The maximum atomic E-state index is 13.3. The fraction of sp³-hybridized carbons (Fsp3) is 0.400. The number of hydrogen-bond donors (Lipinski definition) is 2. The van der Waals surface area contributed by atoms with E-state index in [0.29, 0.717) is 25.7 Å². The first-order valence-corrected chi connectivity index (χ1v) is 7.12. The second-order valence-corrected chi connectivity index (χ2v) is 5.09. The second-order valence-electron chi connectivity index (χ2n) is 5.09.